The molecule has 2 heterocycles. The molecular formula is C17H21N5O3. The molecule has 0 spiro atoms. The molecule has 0 saturated carbocycles. The predicted molar refractivity (Wildman–Crippen MR) is 94.0 cm³/mol. The standard InChI is InChI=1S/C17H21N5O3/c1-11-15-16(19-10-20-17(15)22(2)21-11)18-8-12(23)9-25-14-6-4-5-13(7-14)24-3/h4-7,10,12,23H,8-9H2,1-3H3,(H,18,19,20). The first-order valence-corrected chi connectivity index (χ1v) is 7.91. The number of anilines is 1. The molecule has 0 amide bonds. The fourth-order valence-corrected chi connectivity index (χ4v) is 2.57. The number of nitrogens with zero attached hydrogens (tertiary/aromatic N) is 4. The van der Waals surface area contributed by atoms with Crippen molar-refractivity contribution < 1.29 is 14.6 Å². The fraction of sp³-hybridized carbons (Fsp3) is 0.353. The van der Waals surface area contributed by atoms with Gasteiger partial charge in [0, 0.05) is 19.7 Å². The van der Waals surface area contributed by atoms with Crippen LogP contribution in [0.15, 0.2) is 30.6 Å². The summed E-state index contributed by atoms with van der Waals surface area (Å²) in [6.07, 6.45) is 0.776. The number of fused-ring (bicyclic) bond motifs is 1. The Kier molecular flexibility index (Phi) is 4.99. The Morgan fingerprint density at radius 3 is 2.88 bits per heavy atom. The smallest absolute Gasteiger partial charge is 0.163 e. The zero-order valence-electron chi connectivity index (χ0n) is 14.4. The Hall–Kier alpha value is -2.87. The number of benzene rings is 1. The van der Waals surface area contributed by atoms with Crippen LogP contribution < -0.4 is 14.8 Å². The van der Waals surface area contributed by atoms with E-state index in [1.165, 1.54) is 6.33 Å². The van der Waals surface area contributed by atoms with Gasteiger partial charge in [-0.15, -0.1) is 0 Å². The van der Waals surface area contributed by atoms with Crippen LogP contribution in [-0.4, -0.2) is 51.2 Å². The quantitative estimate of drug-likeness (QED) is 0.672. The molecule has 2 N–H and O–H groups in total. The predicted octanol–water partition coefficient (Wildman–Crippen LogP) is 1.53. The van der Waals surface area contributed by atoms with Crippen LogP contribution in [0.1, 0.15) is 5.69 Å². The number of ether oxygens (including phenoxy) is 2. The number of rotatable bonds is 7. The molecule has 0 aliphatic carbocycles. The first kappa shape index (κ1) is 17.0. The first-order chi connectivity index (χ1) is 12.1. The third-order valence-corrected chi connectivity index (χ3v) is 3.78. The van der Waals surface area contributed by atoms with Gasteiger partial charge in [-0.2, -0.15) is 5.10 Å². The molecule has 2 aromatic heterocycles. The van der Waals surface area contributed by atoms with Gasteiger partial charge in [-0.3, -0.25) is 4.68 Å². The van der Waals surface area contributed by atoms with Crippen LogP contribution in [0, 0.1) is 6.92 Å². The Labute approximate surface area is 145 Å². The van der Waals surface area contributed by atoms with Gasteiger partial charge in [0.15, 0.2) is 5.65 Å². The number of methoxy groups -OCH3 is 1. The largest absolute Gasteiger partial charge is 0.497 e. The van der Waals surface area contributed by atoms with E-state index in [0.717, 1.165) is 16.7 Å². The van der Waals surface area contributed by atoms with Crippen molar-refractivity contribution in [1.29, 1.82) is 0 Å². The summed E-state index contributed by atoms with van der Waals surface area (Å²) in [6, 6.07) is 7.26. The van der Waals surface area contributed by atoms with Gasteiger partial charge in [0.2, 0.25) is 0 Å². The van der Waals surface area contributed by atoms with Gasteiger partial charge < -0.3 is 19.9 Å². The van der Waals surface area contributed by atoms with E-state index >= 15 is 0 Å². The molecule has 3 rings (SSSR count). The summed E-state index contributed by atoms with van der Waals surface area (Å²) in [7, 11) is 3.43. The number of aryl methyl sites for hydroxylation is 2. The maximum absolute atomic E-state index is 10.2. The Morgan fingerprint density at radius 2 is 2.08 bits per heavy atom. The molecule has 0 aliphatic rings. The van der Waals surface area contributed by atoms with E-state index in [1.54, 1.807) is 17.9 Å². The lowest BCUT2D eigenvalue weighted by molar-refractivity contribution is 0.117. The molecule has 132 valence electrons. The molecule has 0 radical (unpaired) electrons. The maximum Gasteiger partial charge on any atom is 0.163 e. The van der Waals surface area contributed by atoms with Crippen molar-refractivity contribution in [3.63, 3.8) is 0 Å². The normalized spacial score (nSPS) is 12.2. The average Bonchev–Trinajstić information content (AvgIpc) is 2.93. The van der Waals surface area contributed by atoms with E-state index in [4.69, 9.17) is 9.47 Å². The van der Waals surface area contributed by atoms with Crippen LogP contribution in [0.3, 0.4) is 0 Å². The van der Waals surface area contributed by atoms with Crippen molar-refractivity contribution in [3.05, 3.63) is 36.3 Å². The van der Waals surface area contributed by atoms with Gasteiger partial charge in [-0.25, -0.2) is 9.97 Å². The van der Waals surface area contributed by atoms with Gasteiger partial charge in [0.1, 0.15) is 36.4 Å². The molecule has 8 nitrogen and oxygen atoms in total. The first-order valence-electron chi connectivity index (χ1n) is 7.91. The molecule has 1 atom stereocenters. The second kappa shape index (κ2) is 7.35. The molecule has 1 unspecified atom stereocenters. The minimum Gasteiger partial charge on any atom is -0.497 e. The Morgan fingerprint density at radius 1 is 1.28 bits per heavy atom. The molecule has 3 aromatic rings. The molecule has 0 fully saturated rings. The van der Waals surface area contributed by atoms with E-state index in [-0.39, 0.29) is 6.61 Å². The van der Waals surface area contributed by atoms with E-state index in [9.17, 15) is 5.11 Å². The van der Waals surface area contributed by atoms with Crippen LogP contribution in [0.25, 0.3) is 11.0 Å². The molecule has 0 bridgehead atoms. The van der Waals surface area contributed by atoms with Crippen LogP contribution >= 0.6 is 0 Å². The van der Waals surface area contributed by atoms with Crippen molar-refractivity contribution in [2.45, 2.75) is 13.0 Å². The molecular weight excluding hydrogens is 322 g/mol. The number of hydrogen-bond acceptors (Lipinski definition) is 7. The molecule has 1 aromatic carbocycles. The van der Waals surface area contributed by atoms with Crippen molar-refractivity contribution >= 4 is 16.9 Å². The van der Waals surface area contributed by atoms with Gasteiger partial charge in [0.05, 0.1) is 18.2 Å². The second-order valence-electron chi connectivity index (χ2n) is 5.65. The highest BCUT2D eigenvalue weighted by molar-refractivity contribution is 5.89. The monoisotopic (exact) mass is 343 g/mol. The summed E-state index contributed by atoms with van der Waals surface area (Å²) < 4.78 is 12.4. The highest BCUT2D eigenvalue weighted by atomic mass is 16.5. The van der Waals surface area contributed by atoms with Crippen LogP contribution in [0.2, 0.25) is 0 Å². The number of hydrogen-bond donors (Lipinski definition) is 2. The van der Waals surface area contributed by atoms with Gasteiger partial charge in [-0.05, 0) is 19.1 Å². The highest BCUT2D eigenvalue weighted by Crippen LogP contribution is 2.22. The third kappa shape index (κ3) is 3.80. The van der Waals surface area contributed by atoms with Gasteiger partial charge in [0.25, 0.3) is 0 Å². The molecule has 0 saturated heterocycles. The van der Waals surface area contributed by atoms with E-state index in [0.29, 0.717) is 23.9 Å². The summed E-state index contributed by atoms with van der Waals surface area (Å²) in [6.45, 7) is 2.35. The molecule has 0 aliphatic heterocycles. The molecule has 25 heavy (non-hydrogen) atoms. The van der Waals surface area contributed by atoms with E-state index in [1.807, 2.05) is 32.2 Å². The number of aliphatic hydroxyl groups is 1. The zero-order chi connectivity index (χ0) is 17.8. The minimum absolute atomic E-state index is 0.153. The second-order valence-corrected chi connectivity index (χ2v) is 5.65. The van der Waals surface area contributed by atoms with E-state index in [2.05, 4.69) is 20.4 Å². The summed E-state index contributed by atoms with van der Waals surface area (Å²) in [5.41, 5.74) is 1.58. The van der Waals surface area contributed by atoms with Gasteiger partial charge in [-0.1, -0.05) is 6.07 Å². The summed E-state index contributed by atoms with van der Waals surface area (Å²) in [4.78, 5) is 8.48. The average molecular weight is 343 g/mol. The number of aliphatic hydroxyl groups excluding tert-OH is 1. The lowest BCUT2D eigenvalue weighted by atomic mass is 10.3. The van der Waals surface area contributed by atoms with Crippen molar-refractivity contribution in [2.24, 2.45) is 7.05 Å². The van der Waals surface area contributed by atoms with Crippen LogP contribution in [-0.2, 0) is 7.05 Å². The lowest BCUT2D eigenvalue weighted by Crippen LogP contribution is -2.26. The van der Waals surface area contributed by atoms with Crippen molar-refractivity contribution in [3.8, 4) is 11.5 Å². The maximum atomic E-state index is 10.2. The number of nitrogens with one attached hydrogen (secondary N) is 1. The lowest BCUT2D eigenvalue weighted by Gasteiger charge is -2.14. The van der Waals surface area contributed by atoms with Crippen LogP contribution in [0.4, 0.5) is 5.82 Å². The summed E-state index contributed by atoms with van der Waals surface area (Å²) in [5.74, 6) is 2.00. The van der Waals surface area contributed by atoms with Crippen molar-refractivity contribution in [1.82, 2.24) is 19.7 Å². The minimum atomic E-state index is -0.701. The van der Waals surface area contributed by atoms with Gasteiger partial charge >= 0.3 is 0 Å². The SMILES string of the molecule is COc1cccc(OCC(O)CNc2ncnc3c2c(C)nn3C)c1. The van der Waals surface area contributed by atoms with E-state index < -0.39 is 6.10 Å². The Bertz CT molecular complexity index is 865. The zero-order valence-corrected chi connectivity index (χ0v) is 14.4. The Balaban J connectivity index is 1.60. The number of aromatic nitrogens is 4. The topological polar surface area (TPSA) is 94.3 Å². The highest BCUT2D eigenvalue weighted by Gasteiger charge is 2.13. The summed E-state index contributed by atoms with van der Waals surface area (Å²) >= 11 is 0. The summed E-state index contributed by atoms with van der Waals surface area (Å²) in [5, 5.41) is 18.5. The third-order valence-electron chi connectivity index (χ3n) is 3.78. The van der Waals surface area contributed by atoms with Crippen LogP contribution in [0.5, 0.6) is 11.5 Å². The van der Waals surface area contributed by atoms with Crippen molar-refractivity contribution in [2.75, 3.05) is 25.6 Å². The fourth-order valence-electron chi connectivity index (χ4n) is 2.57. The molecule has 8 heteroatoms.